The fraction of sp³-hybridized carbons (Fsp3) is 0.923. The third-order valence-electron chi connectivity index (χ3n) is 2.61. The summed E-state index contributed by atoms with van der Waals surface area (Å²) < 4.78 is 4.75. The van der Waals surface area contributed by atoms with Crippen molar-refractivity contribution in [3.05, 3.63) is 0 Å². The first-order valence-corrected chi connectivity index (χ1v) is 6.61. The Balaban J connectivity index is 3.10. The van der Waals surface area contributed by atoms with Gasteiger partial charge in [-0.15, -0.1) is 0 Å². The van der Waals surface area contributed by atoms with Crippen molar-refractivity contribution in [3.63, 3.8) is 0 Å². The SMILES string of the molecule is CC(O)CCCCCCCCC(=O)OCCO. The van der Waals surface area contributed by atoms with E-state index >= 15 is 0 Å². The number of hydrogen-bond donors (Lipinski definition) is 2. The van der Waals surface area contributed by atoms with Crippen molar-refractivity contribution < 1.29 is 19.7 Å². The lowest BCUT2D eigenvalue weighted by Crippen LogP contribution is -2.07. The van der Waals surface area contributed by atoms with Crippen molar-refractivity contribution in [1.29, 1.82) is 0 Å². The molecule has 4 heteroatoms. The first-order valence-electron chi connectivity index (χ1n) is 6.61. The smallest absolute Gasteiger partial charge is 0.305 e. The van der Waals surface area contributed by atoms with E-state index in [2.05, 4.69) is 0 Å². The highest BCUT2D eigenvalue weighted by atomic mass is 16.5. The van der Waals surface area contributed by atoms with Crippen molar-refractivity contribution in [2.45, 2.75) is 64.4 Å². The molecule has 0 aliphatic carbocycles. The zero-order chi connectivity index (χ0) is 12.9. The van der Waals surface area contributed by atoms with E-state index in [9.17, 15) is 4.79 Å². The lowest BCUT2D eigenvalue weighted by Gasteiger charge is -2.04. The van der Waals surface area contributed by atoms with Gasteiger partial charge in [-0.2, -0.15) is 0 Å². The fourth-order valence-corrected chi connectivity index (χ4v) is 1.65. The van der Waals surface area contributed by atoms with Crippen LogP contribution in [0.1, 0.15) is 58.3 Å². The lowest BCUT2D eigenvalue weighted by atomic mass is 10.1. The van der Waals surface area contributed by atoms with E-state index in [-0.39, 0.29) is 25.3 Å². The first kappa shape index (κ1) is 16.4. The summed E-state index contributed by atoms with van der Waals surface area (Å²) in [4.78, 5) is 11.1. The van der Waals surface area contributed by atoms with Gasteiger partial charge in [-0.1, -0.05) is 32.1 Å². The molecule has 1 unspecified atom stereocenters. The molecule has 0 aromatic heterocycles. The normalized spacial score (nSPS) is 12.4. The molecule has 0 aromatic carbocycles. The average Bonchev–Trinajstić information content (AvgIpc) is 2.29. The molecule has 0 saturated carbocycles. The maximum absolute atomic E-state index is 11.1. The van der Waals surface area contributed by atoms with Gasteiger partial charge in [0.2, 0.25) is 0 Å². The van der Waals surface area contributed by atoms with E-state index in [1.165, 1.54) is 6.42 Å². The first-order chi connectivity index (χ1) is 8.16. The van der Waals surface area contributed by atoms with Gasteiger partial charge in [-0.25, -0.2) is 0 Å². The van der Waals surface area contributed by atoms with Gasteiger partial charge in [0.05, 0.1) is 12.7 Å². The van der Waals surface area contributed by atoms with Crippen LogP contribution in [0, 0.1) is 0 Å². The Labute approximate surface area is 104 Å². The maximum Gasteiger partial charge on any atom is 0.305 e. The van der Waals surface area contributed by atoms with Crippen LogP contribution in [-0.2, 0) is 9.53 Å². The van der Waals surface area contributed by atoms with Gasteiger partial charge in [-0.05, 0) is 19.8 Å². The fourth-order valence-electron chi connectivity index (χ4n) is 1.65. The highest BCUT2D eigenvalue weighted by Gasteiger charge is 2.01. The number of unbranched alkanes of at least 4 members (excludes halogenated alkanes) is 5. The van der Waals surface area contributed by atoms with Crippen LogP contribution in [0.4, 0.5) is 0 Å². The Morgan fingerprint density at radius 2 is 1.71 bits per heavy atom. The Morgan fingerprint density at radius 3 is 2.29 bits per heavy atom. The molecule has 17 heavy (non-hydrogen) atoms. The molecular formula is C13H26O4. The van der Waals surface area contributed by atoms with E-state index in [0.29, 0.717) is 6.42 Å². The van der Waals surface area contributed by atoms with E-state index in [4.69, 9.17) is 14.9 Å². The highest BCUT2D eigenvalue weighted by Crippen LogP contribution is 2.10. The van der Waals surface area contributed by atoms with Gasteiger partial charge in [0, 0.05) is 6.42 Å². The molecule has 0 aromatic rings. The van der Waals surface area contributed by atoms with Crippen LogP contribution < -0.4 is 0 Å². The quantitative estimate of drug-likeness (QED) is 0.432. The molecule has 0 heterocycles. The van der Waals surface area contributed by atoms with Crippen LogP contribution in [0.3, 0.4) is 0 Å². The molecule has 0 aliphatic rings. The maximum atomic E-state index is 11.1. The van der Waals surface area contributed by atoms with Gasteiger partial charge in [-0.3, -0.25) is 4.79 Å². The third-order valence-corrected chi connectivity index (χ3v) is 2.61. The third kappa shape index (κ3) is 13.3. The Kier molecular flexibility index (Phi) is 11.4. The Morgan fingerprint density at radius 1 is 1.12 bits per heavy atom. The van der Waals surface area contributed by atoms with Crippen LogP contribution in [0.5, 0.6) is 0 Å². The summed E-state index contributed by atoms with van der Waals surface area (Å²) >= 11 is 0. The molecule has 0 saturated heterocycles. The summed E-state index contributed by atoms with van der Waals surface area (Å²) in [6, 6.07) is 0. The van der Waals surface area contributed by atoms with E-state index in [1.807, 2.05) is 6.92 Å². The molecule has 1 atom stereocenters. The van der Waals surface area contributed by atoms with Gasteiger partial charge in [0.1, 0.15) is 6.61 Å². The molecule has 0 fully saturated rings. The number of carbonyl (C=O) groups is 1. The zero-order valence-corrected chi connectivity index (χ0v) is 10.9. The monoisotopic (exact) mass is 246 g/mol. The average molecular weight is 246 g/mol. The molecule has 0 aliphatic heterocycles. The Bertz CT molecular complexity index is 180. The van der Waals surface area contributed by atoms with Crippen LogP contribution in [0.2, 0.25) is 0 Å². The van der Waals surface area contributed by atoms with Crippen molar-refractivity contribution in [2.75, 3.05) is 13.2 Å². The van der Waals surface area contributed by atoms with Crippen LogP contribution >= 0.6 is 0 Å². The predicted molar refractivity (Wildman–Crippen MR) is 66.7 cm³/mol. The highest BCUT2D eigenvalue weighted by molar-refractivity contribution is 5.69. The van der Waals surface area contributed by atoms with Crippen molar-refractivity contribution in [2.24, 2.45) is 0 Å². The number of carbonyl (C=O) groups excluding carboxylic acids is 1. The van der Waals surface area contributed by atoms with Crippen LogP contribution in [0.25, 0.3) is 0 Å². The van der Waals surface area contributed by atoms with E-state index in [0.717, 1.165) is 38.5 Å². The molecule has 0 radical (unpaired) electrons. The number of aliphatic hydroxyl groups is 2. The van der Waals surface area contributed by atoms with E-state index in [1.54, 1.807) is 0 Å². The summed E-state index contributed by atoms with van der Waals surface area (Å²) in [5, 5.41) is 17.5. The number of ether oxygens (including phenoxy) is 1. The standard InChI is InChI=1S/C13H26O4/c1-12(15)8-6-4-2-3-5-7-9-13(16)17-11-10-14/h12,14-15H,2-11H2,1H3. The summed E-state index contributed by atoms with van der Waals surface area (Å²) in [5.41, 5.74) is 0. The largest absolute Gasteiger partial charge is 0.463 e. The number of rotatable bonds is 11. The van der Waals surface area contributed by atoms with Crippen molar-refractivity contribution in [1.82, 2.24) is 0 Å². The number of esters is 1. The number of aliphatic hydroxyl groups excluding tert-OH is 2. The minimum absolute atomic E-state index is 0.102. The lowest BCUT2D eigenvalue weighted by molar-refractivity contribution is -0.144. The summed E-state index contributed by atoms with van der Waals surface area (Å²) in [7, 11) is 0. The van der Waals surface area contributed by atoms with Gasteiger partial charge in [0.25, 0.3) is 0 Å². The second-order valence-corrected chi connectivity index (χ2v) is 4.45. The van der Waals surface area contributed by atoms with Gasteiger partial charge >= 0.3 is 5.97 Å². The minimum atomic E-state index is -0.215. The molecular weight excluding hydrogens is 220 g/mol. The molecule has 0 bridgehead atoms. The molecule has 4 nitrogen and oxygen atoms in total. The second-order valence-electron chi connectivity index (χ2n) is 4.45. The summed E-state index contributed by atoms with van der Waals surface area (Å²) in [6.07, 6.45) is 7.59. The van der Waals surface area contributed by atoms with E-state index < -0.39 is 0 Å². The predicted octanol–water partition coefficient (Wildman–Crippen LogP) is 2.02. The Hall–Kier alpha value is -0.610. The van der Waals surface area contributed by atoms with Gasteiger partial charge < -0.3 is 14.9 Å². The number of hydrogen-bond acceptors (Lipinski definition) is 4. The van der Waals surface area contributed by atoms with Crippen molar-refractivity contribution >= 4 is 5.97 Å². The summed E-state index contributed by atoms with van der Waals surface area (Å²) in [6.45, 7) is 1.82. The van der Waals surface area contributed by atoms with Crippen LogP contribution in [0.15, 0.2) is 0 Å². The van der Waals surface area contributed by atoms with Gasteiger partial charge in [0.15, 0.2) is 0 Å². The summed E-state index contributed by atoms with van der Waals surface area (Å²) in [5.74, 6) is -0.215. The zero-order valence-electron chi connectivity index (χ0n) is 10.9. The minimum Gasteiger partial charge on any atom is -0.463 e. The molecule has 2 N–H and O–H groups in total. The molecule has 0 amide bonds. The molecule has 0 rings (SSSR count). The molecule has 102 valence electrons. The topological polar surface area (TPSA) is 66.8 Å². The molecule has 0 spiro atoms. The van der Waals surface area contributed by atoms with Crippen molar-refractivity contribution in [3.8, 4) is 0 Å². The van der Waals surface area contributed by atoms with Crippen LogP contribution in [-0.4, -0.2) is 35.5 Å². The second kappa shape index (κ2) is 11.9.